The Morgan fingerprint density at radius 2 is 2.00 bits per heavy atom. The van der Waals surface area contributed by atoms with Crippen molar-refractivity contribution in [3.63, 3.8) is 0 Å². The highest BCUT2D eigenvalue weighted by Gasteiger charge is 2.19. The highest BCUT2D eigenvalue weighted by Crippen LogP contribution is 2.30. The van der Waals surface area contributed by atoms with Gasteiger partial charge in [0.15, 0.2) is 9.84 Å². The Morgan fingerprint density at radius 1 is 1.44 bits per heavy atom. The molecule has 0 aliphatic heterocycles. The molecule has 1 N–H and O–H groups in total. The zero-order chi connectivity index (χ0) is 12.5. The zero-order valence-corrected chi connectivity index (χ0v) is 10.0. The predicted molar refractivity (Wildman–Crippen MR) is 56.7 cm³/mol. The summed E-state index contributed by atoms with van der Waals surface area (Å²) in [5.74, 6) is -0.740. The van der Waals surface area contributed by atoms with Gasteiger partial charge in [0.05, 0.1) is 13.2 Å². The summed E-state index contributed by atoms with van der Waals surface area (Å²) >= 11 is 0. The van der Waals surface area contributed by atoms with Crippen LogP contribution >= 0.6 is 0 Å². The third-order valence-corrected chi connectivity index (χ3v) is 3.25. The standard InChI is InChI=1S/C10H13FO4S/c1-6(12)7-4-8(11)10(16(3,13)14)5-9(7)15-2/h4-6,12H,1-3H3. The summed E-state index contributed by atoms with van der Waals surface area (Å²) in [6.07, 6.45) is -0.0227. The Balaban J connectivity index is 3.50. The van der Waals surface area contributed by atoms with Gasteiger partial charge in [-0.1, -0.05) is 0 Å². The van der Waals surface area contributed by atoms with Crippen LogP contribution in [0.2, 0.25) is 0 Å². The Labute approximate surface area is 93.6 Å². The minimum absolute atomic E-state index is 0.150. The molecule has 0 saturated carbocycles. The summed E-state index contributed by atoms with van der Waals surface area (Å²) in [5, 5.41) is 9.36. The summed E-state index contributed by atoms with van der Waals surface area (Å²) in [6.45, 7) is 1.44. The first-order valence-corrected chi connectivity index (χ1v) is 6.42. The molecule has 1 aromatic carbocycles. The Kier molecular flexibility index (Phi) is 3.54. The van der Waals surface area contributed by atoms with E-state index >= 15 is 0 Å². The monoisotopic (exact) mass is 248 g/mol. The third-order valence-electron chi connectivity index (χ3n) is 2.13. The second kappa shape index (κ2) is 4.39. The average molecular weight is 248 g/mol. The summed E-state index contributed by atoms with van der Waals surface area (Å²) in [5.41, 5.74) is 0.215. The SMILES string of the molecule is COc1cc(S(C)(=O)=O)c(F)cc1C(C)O. The zero-order valence-electron chi connectivity index (χ0n) is 9.19. The molecule has 0 aliphatic carbocycles. The van der Waals surface area contributed by atoms with Gasteiger partial charge >= 0.3 is 0 Å². The molecule has 0 saturated heterocycles. The molecule has 0 spiro atoms. The molecular weight excluding hydrogens is 235 g/mol. The van der Waals surface area contributed by atoms with E-state index in [4.69, 9.17) is 4.74 Å². The number of sulfone groups is 1. The van der Waals surface area contributed by atoms with Crippen molar-refractivity contribution < 1.29 is 22.7 Å². The molecule has 1 atom stereocenters. The third kappa shape index (κ3) is 2.51. The van der Waals surface area contributed by atoms with Crippen molar-refractivity contribution in [2.45, 2.75) is 17.9 Å². The van der Waals surface area contributed by atoms with Gasteiger partial charge in [-0.05, 0) is 13.0 Å². The van der Waals surface area contributed by atoms with Crippen molar-refractivity contribution in [1.82, 2.24) is 0 Å². The van der Waals surface area contributed by atoms with Gasteiger partial charge in [-0.3, -0.25) is 0 Å². The molecule has 0 bridgehead atoms. The van der Waals surface area contributed by atoms with Gasteiger partial charge in [-0.25, -0.2) is 12.8 Å². The Hall–Kier alpha value is -1.14. The fourth-order valence-corrected chi connectivity index (χ4v) is 2.07. The van der Waals surface area contributed by atoms with Crippen LogP contribution in [-0.2, 0) is 9.84 Å². The van der Waals surface area contributed by atoms with E-state index in [1.54, 1.807) is 0 Å². The molecule has 0 heterocycles. The highest BCUT2D eigenvalue weighted by molar-refractivity contribution is 7.90. The minimum atomic E-state index is -3.65. The lowest BCUT2D eigenvalue weighted by Crippen LogP contribution is -2.05. The number of rotatable bonds is 3. The van der Waals surface area contributed by atoms with Gasteiger partial charge in [-0.2, -0.15) is 0 Å². The van der Waals surface area contributed by atoms with E-state index in [1.165, 1.54) is 14.0 Å². The second-order valence-corrected chi connectivity index (χ2v) is 5.46. The lowest BCUT2D eigenvalue weighted by molar-refractivity contribution is 0.193. The van der Waals surface area contributed by atoms with Crippen molar-refractivity contribution in [3.05, 3.63) is 23.5 Å². The van der Waals surface area contributed by atoms with E-state index in [2.05, 4.69) is 0 Å². The van der Waals surface area contributed by atoms with E-state index in [9.17, 15) is 17.9 Å². The van der Waals surface area contributed by atoms with Crippen molar-refractivity contribution in [2.75, 3.05) is 13.4 Å². The second-order valence-electron chi connectivity index (χ2n) is 3.47. The molecule has 4 nitrogen and oxygen atoms in total. The average Bonchev–Trinajstić information content (AvgIpc) is 2.15. The minimum Gasteiger partial charge on any atom is -0.496 e. The van der Waals surface area contributed by atoms with Crippen molar-refractivity contribution in [3.8, 4) is 5.75 Å². The van der Waals surface area contributed by atoms with Crippen LogP contribution in [0.25, 0.3) is 0 Å². The lowest BCUT2D eigenvalue weighted by Gasteiger charge is -2.12. The van der Waals surface area contributed by atoms with Crippen LogP contribution in [-0.4, -0.2) is 26.9 Å². The van der Waals surface area contributed by atoms with E-state index < -0.39 is 26.7 Å². The smallest absolute Gasteiger partial charge is 0.178 e. The number of ether oxygens (including phenoxy) is 1. The normalized spacial score (nSPS) is 13.6. The Bertz CT molecular complexity index is 494. The van der Waals surface area contributed by atoms with Crippen LogP contribution in [0.5, 0.6) is 5.75 Å². The number of halogens is 1. The van der Waals surface area contributed by atoms with Crippen molar-refractivity contribution in [1.29, 1.82) is 0 Å². The fourth-order valence-electron chi connectivity index (χ4n) is 1.34. The van der Waals surface area contributed by atoms with Gasteiger partial charge in [0.1, 0.15) is 16.5 Å². The number of aliphatic hydroxyl groups is 1. The predicted octanol–water partition coefficient (Wildman–Crippen LogP) is 1.29. The molecule has 0 radical (unpaired) electrons. The van der Waals surface area contributed by atoms with Gasteiger partial charge in [0.25, 0.3) is 0 Å². The number of aliphatic hydroxyl groups excluding tert-OH is 1. The molecule has 0 amide bonds. The van der Waals surface area contributed by atoms with Crippen LogP contribution in [0, 0.1) is 5.82 Å². The molecule has 0 aromatic heterocycles. The van der Waals surface area contributed by atoms with Gasteiger partial charge in [-0.15, -0.1) is 0 Å². The maximum absolute atomic E-state index is 13.5. The first kappa shape index (κ1) is 12.9. The number of hydrogen-bond donors (Lipinski definition) is 1. The summed E-state index contributed by atoms with van der Waals surface area (Å²) in [4.78, 5) is -0.436. The molecule has 1 unspecified atom stereocenters. The maximum Gasteiger partial charge on any atom is 0.178 e. The van der Waals surface area contributed by atoms with Crippen LogP contribution in [0.3, 0.4) is 0 Å². The molecule has 6 heteroatoms. The number of hydrogen-bond acceptors (Lipinski definition) is 4. The van der Waals surface area contributed by atoms with Crippen LogP contribution < -0.4 is 4.74 Å². The molecule has 90 valence electrons. The molecular formula is C10H13FO4S. The van der Waals surface area contributed by atoms with E-state index in [1.807, 2.05) is 0 Å². The van der Waals surface area contributed by atoms with Crippen LogP contribution in [0.1, 0.15) is 18.6 Å². The summed E-state index contributed by atoms with van der Waals surface area (Å²) in [6, 6.07) is 2.05. The van der Waals surface area contributed by atoms with Crippen molar-refractivity contribution >= 4 is 9.84 Å². The molecule has 0 aliphatic rings. The van der Waals surface area contributed by atoms with Crippen LogP contribution in [0.15, 0.2) is 17.0 Å². The first-order valence-electron chi connectivity index (χ1n) is 4.53. The molecule has 16 heavy (non-hydrogen) atoms. The molecule has 0 fully saturated rings. The number of methoxy groups -OCH3 is 1. The topological polar surface area (TPSA) is 63.6 Å². The number of benzene rings is 1. The van der Waals surface area contributed by atoms with Crippen LogP contribution in [0.4, 0.5) is 4.39 Å². The quantitative estimate of drug-likeness (QED) is 0.875. The van der Waals surface area contributed by atoms with E-state index in [0.29, 0.717) is 0 Å². The van der Waals surface area contributed by atoms with E-state index in [0.717, 1.165) is 18.4 Å². The van der Waals surface area contributed by atoms with Gasteiger partial charge in [0, 0.05) is 17.9 Å². The van der Waals surface area contributed by atoms with Gasteiger partial charge in [0.2, 0.25) is 0 Å². The molecule has 1 rings (SSSR count). The molecule has 1 aromatic rings. The maximum atomic E-state index is 13.5. The highest BCUT2D eigenvalue weighted by atomic mass is 32.2. The fraction of sp³-hybridized carbons (Fsp3) is 0.400. The van der Waals surface area contributed by atoms with Gasteiger partial charge < -0.3 is 9.84 Å². The van der Waals surface area contributed by atoms with E-state index in [-0.39, 0.29) is 11.3 Å². The summed E-state index contributed by atoms with van der Waals surface area (Å²) in [7, 11) is -2.32. The largest absolute Gasteiger partial charge is 0.496 e. The first-order chi connectivity index (χ1) is 7.27. The lowest BCUT2D eigenvalue weighted by atomic mass is 10.1. The summed E-state index contributed by atoms with van der Waals surface area (Å²) < 4.78 is 40.9. The Morgan fingerprint density at radius 3 is 2.38 bits per heavy atom. The van der Waals surface area contributed by atoms with Crippen molar-refractivity contribution in [2.24, 2.45) is 0 Å².